The summed E-state index contributed by atoms with van der Waals surface area (Å²) in [5.41, 5.74) is 22.3. The molecule has 6 unspecified atom stereocenters. The van der Waals surface area contributed by atoms with Crippen molar-refractivity contribution in [3.8, 4) is 0 Å². The Labute approximate surface area is 452 Å². The molecule has 6 atom stereocenters. The van der Waals surface area contributed by atoms with E-state index >= 15 is 0 Å². The number of ether oxygens (including phenoxy) is 1. The second-order valence-corrected chi connectivity index (χ2v) is 31.3. The molecule has 362 valence electrons. The summed E-state index contributed by atoms with van der Waals surface area (Å²) in [5, 5.41) is 68.3. The molecule has 0 radical (unpaired) electrons. The third-order valence-electron chi connectivity index (χ3n) is 31.1. The summed E-state index contributed by atoms with van der Waals surface area (Å²) in [6.45, 7) is 9.36. The lowest BCUT2D eigenvalue weighted by molar-refractivity contribution is -0.250. The monoisotopic (exact) mass is 1020 g/mol. The SMILES string of the molecule is C1CCN(C23C4=C5C67OC58C5=C4C4(N9CCCC9)c9c2c2c%10c3c6c3c6c7c7c%11c%12c(c%13c%14c%15c(c4c4c9c9c2c2c%16c%10c3c3c%10c6c%11c6c%11c%12c%14c%12c%14c%15c4c4c9c2c2c(c3%16)c(c%106)c(c%12%11)c2c4%14)C5%13N2CCCC2)C78N2CCCC2)C1. The highest BCUT2D eigenvalue weighted by Gasteiger charge is 2.94. The highest BCUT2D eigenvalue weighted by molar-refractivity contribution is 6.77. The maximum absolute atomic E-state index is 9.63. The fraction of sp³-hybridized carbons (Fsp3) is 0.289. The van der Waals surface area contributed by atoms with Gasteiger partial charge in [-0.15, -0.1) is 0 Å². The summed E-state index contributed by atoms with van der Waals surface area (Å²) < 4.78 is 9.63. The van der Waals surface area contributed by atoms with Gasteiger partial charge in [0, 0.05) is 22.3 Å². The van der Waals surface area contributed by atoms with Gasteiger partial charge >= 0.3 is 0 Å². The molecule has 0 aromatic heterocycles. The summed E-state index contributed by atoms with van der Waals surface area (Å²) in [6, 6.07) is 0. The highest BCUT2D eigenvalue weighted by Crippen LogP contribution is 2.96. The quantitative estimate of drug-likeness (QED) is 0.163. The van der Waals surface area contributed by atoms with Crippen molar-refractivity contribution in [2.75, 3.05) is 52.4 Å². The molecule has 21 aromatic carbocycles. The number of nitrogens with zero attached hydrogens (tertiary/aromatic N) is 4. The zero-order valence-corrected chi connectivity index (χ0v) is 43.5. The maximum atomic E-state index is 9.63. The lowest BCUT2D eigenvalue weighted by Crippen LogP contribution is -2.82. The number of hydrogen-bond donors (Lipinski definition) is 0. The van der Waals surface area contributed by atoms with Crippen molar-refractivity contribution < 1.29 is 4.74 Å². The minimum Gasteiger partial charge on any atom is -0.343 e. The van der Waals surface area contributed by atoms with Gasteiger partial charge in [0.2, 0.25) is 0 Å². The van der Waals surface area contributed by atoms with Crippen LogP contribution in [0.5, 0.6) is 0 Å². The van der Waals surface area contributed by atoms with Gasteiger partial charge in [0.25, 0.3) is 0 Å². The van der Waals surface area contributed by atoms with E-state index in [9.17, 15) is 4.74 Å². The van der Waals surface area contributed by atoms with E-state index in [-0.39, 0.29) is 11.1 Å². The van der Waals surface area contributed by atoms with E-state index < -0.39 is 22.3 Å². The highest BCUT2D eigenvalue weighted by atomic mass is 16.6. The molecule has 2 spiro atoms. The van der Waals surface area contributed by atoms with Crippen molar-refractivity contribution in [1.82, 2.24) is 19.6 Å². The lowest BCUT2D eigenvalue weighted by Gasteiger charge is -2.75. The predicted molar refractivity (Wildman–Crippen MR) is 323 cm³/mol. The molecule has 5 saturated heterocycles. The van der Waals surface area contributed by atoms with Gasteiger partial charge in [-0.3, -0.25) is 19.6 Å². The molecular weight excluding hydrogens is 985 g/mol. The van der Waals surface area contributed by atoms with E-state index in [2.05, 4.69) is 19.6 Å². The lowest BCUT2D eigenvalue weighted by atomic mass is 9.43. The predicted octanol–water partition coefficient (Wildman–Crippen LogP) is 15.2. The van der Waals surface area contributed by atoms with Gasteiger partial charge in [0.1, 0.15) is 16.7 Å². The van der Waals surface area contributed by atoms with Gasteiger partial charge < -0.3 is 4.74 Å². The molecule has 5 heterocycles. The minimum absolute atomic E-state index is 0.372. The van der Waals surface area contributed by atoms with E-state index in [1.807, 2.05) is 50.1 Å². The van der Waals surface area contributed by atoms with Crippen LogP contribution in [0.15, 0.2) is 22.3 Å². The van der Waals surface area contributed by atoms with Gasteiger partial charge in [-0.05, 0) is 375 Å². The van der Waals surface area contributed by atoms with Crippen molar-refractivity contribution in [3.05, 3.63) is 77.9 Å². The van der Waals surface area contributed by atoms with Crippen LogP contribution < -0.4 is 0 Å². The Hall–Kier alpha value is -7.22. The molecule has 21 aromatic rings. The summed E-state index contributed by atoms with van der Waals surface area (Å²) >= 11 is 0. The summed E-state index contributed by atoms with van der Waals surface area (Å²) in [4.78, 5) is 13.1. The van der Waals surface area contributed by atoms with Gasteiger partial charge in [-0.25, -0.2) is 0 Å². The molecule has 0 N–H and O–H groups in total. The van der Waals surface area contributed by atoms with Crippen LogP contribution in [0, 0.1) is 0 Å². The normalized spacial score (nSPS) is 34.8. The molecule has 16 aliphatic rings. The Kier molecular flexibility index (Phi) is 3.17. The van der Waals surface area contributed by atoms with Crippen LogP contribution in [0.2, 0.25) is 0 Å². The number of rotatable bonds is 4. The second kappa shape index (κ2) is 7.76. The van der Waals surface area contributed by atoms with Crippen LogP contribution in [0.3, 0.4) is 0 Å². The number of likely N-dealkylation sites (tertiary alicyclic amines) is 4. The molecule has 5 heteroatoms. The number of benzene rings is 15. The maximum Gasteiger partial charge on any atom is 0.147 e. The smallest absolute Gasteiger partial charge is 0.147 e. The first-order valence-electron chi connectivity index (χ1n) is 32.3. The average molecular weight is 1020 g/mol. The number of hydrogen-bond acceptors (Lipinski definition) is 5. The molecule has 5 fully saturated rings. The van der Waals surface area contributed by atoms with Crippen LogP contribution in [0.25, 0.3) is 215 Å². The van der Waals surface area contributed by atoms with Crippen LogP contribution in [-0.4, -0.2) is 77.6 Å². The molecular formula is C76H32N4O. The second-order valence-electron chi connectivity index (χ2n) is 31.3. The Morgan fingerprint density at radius 2 is 0.432 bits per heavy atom. The van der Waals surface area contributed by atoms with Crippen molar-refractivity contribution in [3.63, 3.8) is 0 Å². The third-order valence-corrected chi connectivity index (χ3v) is 31.1. The van der Waals surface area contributed by atoms with Crippen LogP contribution >= 0.6 is 0 Å². The van der Waals surface area contributed by atoms with Crippen LogP contribution in [0.1, 0.15) is 107 Å². The Morgan fingerprint density at radius 1 is 0.210 bits per heavy atom. The Morgan fingerprint density at radius 3 is 0.790 bits per heavy atom. The van der Waals surface area contributed by atoms with Gasteiger partial charge in [0.15, 0.2) is 0 Å². The van der Waals surface area contributed by atoms with Crippen molar-refractivity contribution in [2.24, 2.45) is 0 Å². The standard InChI is InChI=1S/C76H32N4O/c1-2-10-77(9-1)71-57-47-37-27-22-17-18-20-21-19(17)24-31-29(22)38(37)49-51-41(31)43-33(24)34-26(21)36-35-25(20)32-30-23(18)28(27)39-40(30)50-52-42(32)45(35)55-56-46(36)44(34)54-53(43)63-61(51)72(58(49)57,78-11-3-4-12-78)68-67(71)69-73(79-13-5-6-14-79,60(50)59(71)48(39)47)62(52)65(55)75(80-15-7-8-16-80)66(56)64(54)74(63)70(68)76(69,75)81-74/h1-16H2. The van der Waals surface area contributed by atoms with Crippen molar-refractivity contribution in [2.45, 2.75) is 84.7 Å². The zero-order valence-electron chi connectivity index (χ0n) is 43.5. The molecule has 81 heavy (non-hydrogen) atoms. The molecule has 5 aliphatic heterocycles. The minimum atomic E-state index is -0.625. The molecule has 0 amide bonds. The summed E-state index contributed by atoms with van der Waals surface area (Å²) in [7, 11) is 0. The molecule has 0 saturated carbocycles. The van der Waals surface area contributed by atoms with Crippen LogP contribution in [0.4, 0.5) is 0 Å². The van der Waals surface area contributed by atoms with Crippen molar-refractivity contribution in [1.29, 1.82) is 0 Å². The largest absolute Gasteiger partial charge is 0.343 e. The molecule has 2 bridgehead atoms. The van der Waals surface area contributed by atoms with Gasteiger partial charge in [-0.1, -0.05) is 0 Å². The summed E-state index contributed by atoms with van der Waals surface area (Å²) in [6.07, 6.45) is 10.3. The van der Waals surface area contributed by atoms with E-state index in [0.29, 0.717) is 0 Å². The third kappa shape index (κ3) is 1.82. The Bertz CT molecular complexity index is 7310. The van der Waals surface area contributed by atoms with Crippen molar-refractivity contribution >= 4 is 215 Å². The fourth-order valence-electron chi connectivity index (χ4n) is 31.2. The van der Waals surface area contributed by atoms with E-state index in [1.54, 1.807) is 243 Å². The first kappa shape index (κ1) is 33.0. The molecule has 5 nitrogen and oxygen atoms in total. The fourth-order valence-corrected chi connectivity index (χ4v) is 31.2. The first-order valence-corrected chi connectivity index (χ1v) is 32.3. The van der Waals surface area contributed by atoms with E-state index in [1.165, 1.54) is 90.6 Å². The topological polar surface area (TPSA) is 22.2 Å². The summed E-state index contributed by atoms with van der Waals surface area (Å²) in [5.74, 6) is 0. The molecule has 11 aliphatic carbocycles. The van der Waals surface area contributed by atoms with E-state index in [4.69, 9.17) is 0 Å². The average Bonchev–Trinajstić information content (AvgIpc) is 1.37. The van der Waals surface area contributed by atoms with Crippen LogP contribution in [-0.2, 0) is 32.5 Å². The van der Waals surface area contributed by atoms with Gasteiger partial charge in [0.05, 0.1) is 16.6 Å². The molecule has 37 rings (SSSR count). The van der Waals surface area contributed by atoms with E-state index in [0.717, 1.165) is 13.1 Å². The zero-order chi connectivity index (χ0) is 48.5. The van der Waals surface area contributed by atoms with Gasteiger partial charge in [-0.2, -0.15) is 0 Å². The first-order chi connectivity index (χ1) is 40.3. The Balaban J connectivity index is 1.07.